The van der Waals surface area contributed by atoms with Crippen molar-refractivity contribution in [2.45, 2.75) is 51.5 Å². The van der Waals surface area contributed by atoms with E-state index in [1.54, 1.807) is 6.92 Å². The Bertz CT molecular complexity index is 574. The van der Waals surface area contributed by atoms with E-state index in [9.17, 15) is 14.4 Å². The average Bonchev–Trinajstić information content (AvgIpc) is 3.11. The molecule has 2 unspecified atom stereocenters. The highest BCUT2D eigenvalue weighted by molar-refractivity contribution is 6.35. The number of esters is 1. The Kier molecular flexibility index (Phi) is 7.76. The molecule has 25 heavy (non-hydrogen) atoms. The molecule has 1 saturated heterocycles. The standard InChI is InChI=1S/C19H25NO5/c1-2-24-19(23)18(22)16-10-6-12-20(16)17(11-7-13-21)25-14-15-8-4-3-5-9-15/h3-5,8-9,13,16-17H,2,6-7,10-12,14H2,1H3. The first-order chi connectivity index (χ1) is 12.2. The maximum atomic E-state index is 12.4. The summed E-state index contributed by atoms with van der Waals surface area (Å²) in [7, 11) is 0. The third-order valence-corrected chi connectivity index (χ3v) is 4.26. The van der Waals surface area contributed by atoms with Crippen molar-refractivity contribution >= 4 is 18.0 Å². The van der Waals surface area contributed by atoms with E-state index in [0.717, 1.165) is 18.3 Å². The number of ketones is 1. The van der Waals surface area contributed by atoms with Gasteiger partial charge in [-0.2, -0.15) is 0 Å². The van der Waals surface area contributed by atoms with Crippen LogP contribution in [0.25, 0.3) is 0 Å². The van der Waals surface area contributed by atoms with Gasteiger partial charge in [0, 0.05) is 13.0 Å². The van der Waals surface area contributed by atoms with Crippen LogP contribution >= 0.6 is 0 Å². The second kappa shape index (κ2) is 10.1. The summed E-state index contributed by atoms with van der Waals surface area (Å²) >= 11 is 0. The first-order valence-electron chi connectivity index (χ1n) is 8.73. The first kappa shape index (κ1) is 19.3. The predicted octanol–water partition coefficient (Wildman–Crippen LogP) is 2.10. The van der Waals surface area contributed by atoms with Gasteiger partial charge in [0.05, 0.1) is 19.3 Å². The van der Waals surface area contributed by atoms with Gasteiger partial charge in [0.1, 0.15) is 12.5 Å². The number of ether oxygens (including phenoxy) is 2. The molecular formula is C19H25NO5. The van der Waals surface area contributed by atoms with Crippen molar-refractivity contribution in [1.29, 1.82) is 0 Å². The highest BCUT2D eigenvalue weighted by Gasteiger charge is 2.39. The Morgan fingerprint density at radius 3 is 2.76 bits per heavy atom. The number of nitrogens with zero attached hydrogens (tertiary/aromatic N) is 1. The van der Waals surface area contributed by atoms with Crippen LogP contribution < -0.4 is 0 Å². The summed E-state index contributed by atoms with van der Waals surface area (Å²) in [6, 6.07) is 9.18. The number of rotatable bonds is 10. The number of carbonyl (C=O) groups is 3. The lowest BCUT2D eigenvalue weighted by atomic mass is 10.1. The second-order valence-corrected chi connectivity index (χ2v) is 5.98. The minimum absolute atomic E-state index is 0.177. The van der Waals surface area contributed by atoms with Crippen LogP contribution in [-0.2, 0) is 30.5 Å². The lowest BCUT2D eigenvalue weighted by Crippen LogP contribution is -2.47. The van der Waals surface area contributed by atoms with E-state index in [2.05, 4.69) is 0 Å². The summed E-state index contributed by atoms with van der Waals surface area (Å²) in [6.07, 6.45) is 2.71. The van der Waals surface area contributed by atoms with E-state index in [4.69, 9.17) is 9.47 Å². The molecule has 6 heteroatoms. The smallest absolute Gasteiger partial charge is 0.376 e. The largest absolute Gasteiger partial charge is 0.460 e. The summed E-state index contributed by atoms with van der Waals surface area (Å²) in [5, 5.41) is 0. The molecule has 0 bridgehead atoms. The summed E-state index contributed by atoms with van der Waals surface area (Å²) < 4.78 is 10.8. The Balaban J connectivity index is 2.05. The molecule has 0 aliphatic carbocycles. The van der Waals surface area contributed by atoms with Crippen LogP contribution in [0.3, 0.4) is 0 Å². The van der Waals surface area contributed by atoms with E-state index in [-0.39, 0.29) is 12.8 Å². The molecule has 0 N–H and O–H groups in total. The van der Waals surface area contributed by atoms with Crippen LogP contribution in [0.15, 0.2) is 30.3 Å². The van der Waals surface area contributed by atoms with Crippen molar-refractivity contribution in [3.63, 3.8) is 0 Å². The zero-order valence-corrected chi connectivity index (χ0v) is 14.6. The molecule has 1 aromatic carbocycles. The van der Waals surface area contributed by atoms with Gasteiger partial charge in [0.15, 0.2) is 0 Å². The lowest BCUT2D eigenvalue weighted by molar-refractivity contribution is -0.158. The predicted molar refractivity (Wildman–Crippen MR) is 91.7 cm³/mol. The van der Waals surface area contributed by atoms with Gasteiger partial charge in [-0.3, -0.25) is 9.69 Å². The second-order valence-electron chi connectivity index (χ2n) is 5.98. The monoisotopic (exact) mass is 347 g/mol. The summed E-state index contributed by atoms with van der Waals surface area (Å²) in [5.74, 6) is -1.32. The van der Waals surface area contributed by atoms with Crippen LogP contribution in [0.5, 0.6) is 0 Å². The molecule has 1 fully saturated rings. The van der Waals surface area contributed by atoms with Crippen LogP contribution in [0.1, 0.15) is 38.2 Å². The van der Waals surface area contributed by atoms with Gasteiger partial charge in [-0.1, -0.05) is 30.3 Å². The van der Waals surface area contributed by atoms with Crippen molar-refractivity contribution in [2.75, 3.05) is 13.2 Å². The molecule has 0 spiro atoms. The third kappa shape index (κ3) is 5.47. The number of hydrogen-bond acceptors (Lipinski definition) is 6. The molecule has 0 radical (unpaired) electrons. The summed E-state index contributed by atoms with van der Waals surface area (Å²) in [5.41, 5.74) is 1.02. The number of hydrogen-bond donors (Lipinski definition) is 0. The van der Waals surface area contributed by atoms with Crippen molar-refractivity contribution in [3.05, 3.63) is 35.9 Å². The maximum Gasteiger partial charge on any atom is 0.376 e. The van der Waals surface area contributed by atoms with Gasteiger partial charge in [-0.15, -0.1) is 0 Å². The fourth-order valence-electron chi connectivity index (χ4n) is 3.08. The van der Waals surface area contributed by atoms with Crippen molar-refractivity contribution in [1.82, 2.24) is 4.90 Å². The quantitative estimate of drug-likeness (QED) is 0.367. The highest BCUT2D eigenvalue weighted by atomic mass is 16.5. The zero-order valence-electron chi connectivity index (χ0n) is 14.6. The summed E-state index contributed by atoms with van der Waals surface area (Å²) in [4.78, 5) is 36.8. The average molecular weight is 347 g/mol. The number of Topliss-reactive ketones (excluding diaryl/α,β-unsaturated/α-hetero) is 1. The highest BCUT2D eigenvalue weighted by Crippen LogP contribution is 2.25. The number of benzene rings is 1. The maximum absolute atomic E-state index is 12.4. The minimum atomic E-state index is -0.795. The van der Waals surface area contributed by atoms with Gasteiger partial charge >= 0.3 is 5.97 Å². The fourth-order valence-corrected chi connectivity index (χ4v) is 3.08. The molecule has 2 rings (SSSR count). The van der Waals surface area contributed by atoms with Crippen molar-refractivity contribution in [2.24, 2.45) is 0 Å². The molecule has 0 amide bonds. The molecule has 0 saturated carbocycles. The van der Waals surface area contributed by atoms with Crippen LogP contribution in [0, 0.1) is 0 Å². The lowest BCUT2D eigenvalue weighted by Gasteiger charge is -2.31. The van der Waals surface area contributed by atoms with E-state index in [1.807, 2.05) is 35.2 Å². The normalized spacial score (nSPS) is 18.7. The minimum Gasteiger partial charge on any atom is -0.460 e. The fraction of sp³-hybridized carbons (Fsp3) is 0.526. The van der Waals surface area contributed by atoms with E-state index < -0.39 is 17.8 Å². The first-order valence-corrected chi connectivity index (χ1v) is 8.73. The topological polar surface area (TPSA) is 72.9 Å². The van der Waals surface area contributed by atoms with E-state index in [1.165, 1.54) is 0 Å². The molecule has 136 valence electrons. The Labute approximate surface area is 148 Å². The molecule has 6 nitrogen and oxygen atoms in total. The molecule has 1 aliphatic heterocycles. The van der Waals surface area contributed by atoms with Gasteiger partial charge in [0.2, 0.25) is 0 Å². The van der Waals surface area contributed by atoms with Crippen molar-refractivity contribution < 1.29 is 23.9 Å². The number of carbonyl (C=O) groups excluding carboxylic acids is 3. The summed E-state index contributed by atoms with van der Waals surface area (Å²) in [6.45, 7) is 2.90. The molecule has 0 aromatic heterocycles. The van der Waals surface area contributed by atoms with Crippen molar-refractivity contribution in [3.8, 4) is 0 Å². The van der Waals surface area contributed by atoms with Crippen LogP contribution in [0.4, 0.5) is 0 Å². The van der Waals surface area contributed by atoms with E-state index >= 15 is 0 Å². The SMILES string of the molecule is CCOC(=O)C(=O)C1CCCN1C(CCC=O)OCc1ccccc1. The molecule has 1 aliphatic rings. The van der Waals surface area contributed by atoms with Crippen LogP contribution in [0.2, 0.25) is 0 Å². The zero-order chi connectivity index (χ0) is 18.1. The number of aldehydes is 1. The number of likely N-dealkylation sites (tertiary alicyclic amines) is 1. The Morgan fingerprint density at radius 1 is 1.32 bits per heavy atom. The molecule has 2 atom stereocenters. The Hall–Kier alpha value is -2.05. The van der Waals surface area contributed by atoms with Gasteiger partial charge in [-0.25, -0.2) is 4.79 Å². The van der Waals surface area contributed by atoms with Gasteiger partial charge in [0.25, 0.3) is 5.78 Å². The third-order valence-electron chi connectivity index (χ3n) is 4.26. The molecule has 1 aromatic rings. The van der Waals surface area contributed by atoms with Crippen LogP contribution in [-0.4, -0.2) is 48.4 Å². The molecule has 1 heterocycles. The molecular weight excluding hydrogens is 322 g/mol. The van der Waals surface area contributed by atoms with Gasteiger partial charge < -0.3 is 14.3 Å². The van der Waals surface area contributed by atoms with E-state index in [0.29, 0.717) is 32.4 Å². The Morgan fingerprint density at radius 2 is 2.08 bits per heavy atom. The van der Waals surface area contributed by atoms with Gasteiger partial charge in [-0.05, 0) is 31.7 Å².